The average molecular weight is 252 g/mol. The van der Waals surface area contributed by atoms with E-state index in [0.717, 1.165) is 12.8 Å². The van der Waals surface area contributed by atoms with E-state index in [1.54, 1.807) is 4.90 Å². The van der Waals surface area contributed by atoms with Gasteiger partial charge < -0.3 is 10.2 Å². The Kier molecular flexibility index (Phi) is 3.16. The molecule has 0 spiro atoms. The molecule has 4 nitrogen and oxygen atoms in total. The molecule has 102 valence electrons. The van der Waals surface area contributed by atoms with Gasteiger partial charge in [0, 0.05) is 6.04 Å². The highest BCUT2D eigenvalue weighted by molar-refractivity contribution is 5.98. The van der Waals surface area contributed by atoms with Crippen molar-refractivity contribution >= 4 is 11.8 Å². The fourth-order valence-electron chi connectivity index (χ4n) is 2.82. The number of carbonyl (C=O) groups is 2. The van der Waals surface area contributed by atoms with Crippen molar-refractivity contribution in [3.8, 4) is 0 Å². The lowest BCUT2D eigenvalue weighted by molar-refractivity contribution is -0.156. The van der Waals surface area contributed by atoms with Gasteiger partial charge in [-0.1, -0.05) is 20.8 Å². The lowest BCUT2D eigenvalue weighted by Gasteiger charge is -2.46. The van der Waals surface area contributed by atoms with E-state index in [1.807, 2.05) is 34.6 Å². The van der Waals surface area contributed by atoms with Crippen molar-refractivity contribution in [1.82, 2.24) is 10.2 Å². The lowest BCUT2D eigenvalue weighted by Crippen LogP contribution is -2.68. The summed E-state index contributed by atoms with van der Waals surface area (Å²) in [6, 6.07) is -0.576. The molecule has 18 heavy (non-hydrogen) atoms. The smallest absolute Gasteiger partial charge is 0.246 e. The Morgan fingerprint density at radius 2 is 1.78 bits per heavy atom. The Labute approximate surface area is 109 Å². The molecule has 0 bridgehead atoms. The molecule has 1 saturated carbocycles. The molecule has 1 heterocycles. The van der Waals surface area contributed by atoms with Crippen LogP contribution in [0.3, 0.4) is 0 Å². The highest BCUT2D eigenvalue weighted by atomic mass is 16.2. The molecule has 0 aromatic heterocycles. The zero-order chi connectivity index (χ0) is 13.7. The van der Waals surface area contributed by atoms with E-state index in [0.29, 0.717) is 5.92 Å². The van der Waals surface area contributed by atoms with E-state index in [1.165, 1.54) is 0 Å². The van der Waals surface area contributed by atoms with E-state index in [-0.39, 0.29) is 35.4 Å². The minimum Gasteiger partial charge on any atom is -0.342 e. The van der Waals surface area contributed by atoms with Gasteiger partial charge in [-0.2, -0.15) is 0 Å². The maximum atomic E-state index is 12.6. The third kappa shape index (κ3) is 2.25. The fourth-order valence-corrected chi connectivity index (χ4v) is 2.82. The van der Waals surface area contributed by atoms with Crippen molar-refractivity contribution in [1.29, 1.82) is 0 Å². The molecule has 1 saturated heterocycles. The standard InChI is InChI=1S/C14H24N2O2/c1-8(2)16-11(14(3,4)5)12(17)15-10(13(16)18)9-6-7-9/h8-11H,6-7H2,1-5H3,(H,15,17). The maximum Gasteiger partial charge on any atom is 0.246 e. The van der Waals surface area contributed by atoms with Crippen LogP contribution in [0, 0.1) is 11.3 Å². The van der Waals surface area contributed by atoms with Crippen LogP contribution in [-0.4, -0.2) is 34.8 Å². The molecule has 2 unspecified atom stereocenters. The molecule has 0 radical (unpaired) electrons. The van der Waals surface area contributed by atoms with E-state index >= 15 is 0 Å². The van der Waals surface area contributed by atoms with Gasteiger partial charge in [0.05, 0.1) is 0 Å². The summed E-state index contributed by atoms with van der Waals surface area (Å²) in [7, 11) is 0. The molecule has 1 aliphatic carbocycles. The van der Waals surface area contributed by atoms with Crippen LogP contribution in [0.2, 0.25) is 0 Å². The van der Waals surface area contributed by atoms with Gasteiger partial charge in [0.1, 0.15) is 12.1 Å². The molecule has 1 aliphatic heterocycles. The summed E-state index contributed by atoms with van der Waals surface area (Å²) in [6.45, 7) is 10.0. The zero-order valence-electron chi connectivity index (χ0n) is 12.0. The first kappa shape index (κ1) is 13.4. The maximum absolute atomic E-state index is 12.6. The van der Waals surface area contributed by atoms with Crippen LogP contribution in [0.4, 0.5) is 0 Å². The molecule has 2 amide bonds. The molecule has 2 fully saturated rings. The second kappa shape index (κ2) is 4.25. The number of carbonyl (C=O) groups excluding carboxylic acids is 2. The summed E-state index contributed by atoms with van der Waals surface area (Å²) in [4.78, 5) is 26.7. The predicted molar refractivity (Wildman–Crippen MR) is 69.9 cm³/mol. The number of piperazine rings is 1. The summed E-state index contributed by atoms with van der Waals surface area (Å²) >= 11 is 0. The van der Waals surface area contributed by atoms with Crippen LogP contribution < -0.4 is 5.32 Å². The topological polar surface area (TPSA) is 49.4 Å². The predicted octanol–water partition coefficient (Wildman–Crippen LogP) is 1.55. The van der Waals surface area contributed by atoms with E-state index in [2.05, 4.69) is 5.32 Å². The Balaban J connectivity index is 2.31. The summed E-state index contributed by atoms with van der Waals surface area (Å²) in [5.74, 6) is 0.475. The van der Waals surface area contributed by atoms with Crippen molar-refractivity contribution in [2.75, 3.05) is 0 Å². The molecular weight excluding hydrogens is 228 g/mol. The van der Waals surface area contributed by atoms with Crippen molar-refractivity contribution < 1.29 is 9.59 Å². The van der Waals surface area contributed by atoms with Crippen molar-refractivity contribution in [2.24, 2.45) is 11.3 Å². The third-order valence-electron chi connectivity index (χ3n) is 3.81. The molecular formula is C14H24N2O2. The minimum absolute atomic E-state index is 0.00713. The van der Waals surface area contributed by atoms with E-state index in [9.17, 15) is 9.59 Å². The Hall–Kier alpha value is -1.06. The Morgan fingerprint density at radius 3 is 2.17 bits per heavy atom. The third-order valence-corrected chi connectivity index (χ3v) is 3.81. The quantitative estimate of drug-likeness (QED) is 0.810. The van der Waals surface area contributed by atoms with Crippen LogP contribution in [-0.2, 0) is 9.59 Å². The summed E-state index contributed by atoms with van der Waals surface area (Å²) in [5.41, 5.74) is -0.238. The molecule has 0 aromatic carbocycles. The number of nitrogens with zero attached hydrogens (tertiary/aromatic N) is 1. The van der Waals surface area contributed by atoms with Crippen LogP contribution in [0.5, 0.6) is 0 Å². The van der Waals surface area contributed by atoms with Gasteiger partial charge >= 0.3 is 0 Å². The second-order valence-electron chi connectivity index (χ2n) is 6.93. The fraction of sp³-hybridized carbons (Fsp3) is 0.857. The number of amides is 2. The normalized spacial score (nSPS) is 29.8. The minimum atomic E-state index is -0.361. The molecule has 2 rings (SSSR count). The zero-order valence-corrected chi connectivity index (χ0v) is 12.0. The monoisotopic (exact) mass is 252 g/mol. The first-order chi connectivity index (χ1) is 8.23. The van der Waals surface area contributed by atoms with Gasteiger partial charge in [-0.25, -0.2) is 0 Å². The van der Waals surface area contributed by atoms with Crippen LogP contribution in [0.15, 0.2) is 0 Å². The van der Waals surface area contributed by atoms with E-state index in [4.69, 9.17) is 0 Å². The molecule has 2 atom stereocenters. The van der Waals surface area contributed by atoms with Crippen molar-refractivity contribution in [3.63, 3.8) is 0 Å². The Bertz CT molecular complexity index is 366. The van der Waals surface area contributed by atoms with Gasteiger partial charge in [-0.3, -0.25) is 9.59 Å². The SMILES string of the molecule is CC(C)N1C(=O)C(C2CC2)NC(=O)C1C(C)(C)C. The van der Waals surface area contributed by atoms with Crippen molar-refractivity contribution in [2.45, 2.75) is 65.6 Å². The van der Waals surface area contributed by atoms with Gasteiger partial charge in [0.15, 0.2) is 0 Å². The average Bonchev–Trinajstić information content (AvgIpc) is 3.01. The summed E-state index contributed by atoms with van der Waals surface area (Å²) < 4.78 is 0. The number of rotatable bonds is 2. The highest BCUT2D eigenvalue weighted by Gasteiger charge is 2.50. The molecule has 4 heteroatoms. The number of nitrogens with one attached hydrogen (secondary N) is 1. The van der Waals surface area contributed by atoms with Crippen LogP contribution in [0.1, 0.15) is 47.5 Å². The highest BCUT2D eigenvalue weighted by Crippen LogP contribution is 2.37. The summed E-state index contributed by atoms with van der Waals surface area (Å²) in [6.07, 6.45) is 2.12. The molecule has 1 N–H and O–H groups in total. The summed E-state index contributed by atoms with van der Waals surface area (Å²) in [5, 5.41) is 2.94. The van der Waals surface area contributed by atoms with Gasteiger partial charge in [0.2, 0.25) is 11.8 Å². The first-order valence-electron chi connectivity index (χ1n) is 6.86. The largest absolute Gasteiger partial charge is 0.342 e. The molecule has 2 aliphatic rings. The number of hydrogen-bond acceptors (Lipinski definition) is 2. The van der Waals surface area contributed by atoms with Crippen LogP contribution in [0.25, 0.3) is 0 Å². The van der Waals surface area contributed by atoms with Gasteiger partial charge in [-0.05, 0) is 38.0 Å². The first-order valence-corrected chi connectivity index (χ1v) is 6.86. The second-order valence-corrected chi connectivity index (χ2v) is 6.93. The van der Waals surface area contributed by atoms with E-state index < -0.39 is 0 Å². The van der Waals surface area contributed by atoms with Gasteiger partial charge in [-0.15, -0.1) is 0 Å². The van der Waals surface area contributed by atoms with Crippen molar-refractivity contribution in [3.05, 3.63) is 0 Å². The van der Waals surface area contributed by atoms with Gasteiger partial charge in [0.25, 0.3) is 0 Å². The number of hydrogen-bond donors (Lipinski definition) is 1. The van der Waals surface area contributed by atoms with Crippen LogP contribution >= 0.6 is 0 Å². The Morgan fingerprint density at radius 1 is 1.22 bits per heavy atom. The molecule has 0 aromatic rings. The lowest BCUT2D eigenvalue weighted by atomic mass is 9.82.